The molecule has 1 aliphatic heterocycles. The number of aliphatic hydroxyl groups is 1. The topological polar surface area (TPSA) is 82.2 Å². The molecular weight excluding hydrogens is 526 g/mol. The van der Waals surface area contributed by atoms with Crippen LogP contribution in [0.25, 0.3) is 16.9 Å². The summed E-state index contributed by atoms with van der Waals surface area (Å²) < 4.78 is 15.0. The molecule has 5 rings (SSSR count). The quantitative estimate of drug-likeness (QED) is 0.323. The standard InChI is InChI=1S/C29H23Cl2FN4O2/c30-21-9-5-19(6-10-21)27-23(13-16-33)26(34-36(27)25-4-2-1-3-24(25)31)28(37)35-17-14-29(38,15-18-35)20-7-11-22(32)12-8-20/h1-12,38H,13-15,17-18H2. The summed E-state index contributed by atoms with van der Waals surface area (Å²) in [4.78, 5) is 15.4. The number of rotatable bonds is 5. The van der Waals surface area contributed by atoms with E-state index >= 15 is 0 Å². The summed E-state index contributed by atoms with van der Waals surface area (Å²) in [5.74, 6) is -0.710. The lowest BCUT2D eigenvalue weighted by Gasteiger charge is -2.38. The van der Waals surface area contributed by atoms with Gasteiger partial charge in [0.25, 0.3) is 5.91 Å². The number of nitrogens with zero attached hydrogens (tertiary/aromatic N) is 4. The molecule has 0 radical (unpaired) electrons. The lowest BCUT2D eigenvalue weighted by atomic mass is 9.84. The van der Waals surface area contributed by atoms with Crippen LogP contribution in [0.15, 0.2) is 72.8 Å². The van der Waals surface area contributed by atoms with Crippen LogP contribution in [0, 0.1) is 17.1 Å². The summed E-state index contributed by atoms with van der Waals surface area (Å²) >= 11 is 12.6. The minimum atomic E-state index is -1.16. The molecule has 2 heterocycles. The molecule has 0 bridgehead atoms. The lowest BCUT2D eigenvalue weighted by Crippen LogP contribution is -2.45. The molecule has 38 heavy (non-hydrogen) atoms. The average molecular weight is 549 g/mol. The SMILES string of the molecule is N#CCc1c(C(=O)N2CCC(O)(c3ccc(F)cc3)CC2)nn(-c2ccccc2Cl)c1-c1ccc(Cl)cc1. The van der Waals surface area contributed by atoms with Crippen molar-refractivity contribution in [1.82, 2.24) is 14.7 Å². The van der Waals surface area contributed by atoms with Gasteiger partial charge in [0.2, 0.25) is 0 Å². The zero-order valence-electron chi connectivity index (χ0n) is 20.2. The monoisotopic (exact) mass is 548 g/mol. The number of piperidine rings is 1. The number of hydrogen-bond donors (Lipinski definition) is 1. The van der Waals surface area contributed by atoms with Crippen molar-refractivity contribution in [2.45, 2.75) is 24.9 Å². The summed E-state index contributed by atoms with van der Waals surface area (Å²) in [6.07, 6.45) is 0.525. The predicted octanol–water partition coefficient (Wildman–Crippen LogP) is 6.18. The molecule has 0 unspecified atom stereocenters. The van der Waals surface area contributed by atoms with Gasteiger partial charge in [0.1, 0.15) is 5.82 Å². The van der Waals surface area contributed by atoms with Crippen LogP contribution in [0.4, 0.5) is 4.39 Å². The summed E-state index contributed by atoms with van der Waals surface area (Å²) in [6.45, 7) is 0.544. The third-order valence-corrected chi connectivity index (χ3v) is 7.47. The fraction of sp³-hybridized carbons (Fsp3) is 0.207. The van der Waals surface area contributed by atoms with Gasteiger partial charge in [-0.05, 0) is 54.8 Å². The van der Waals surface area contributed by atoms with Crippen molar-refractivity contribution in [3.8, 4) is 23.0 Å². The number of nitriles is 1. The normalized spacial score (nSPS) is 14.8. The number of hydrogen-bond acceptors (Lipinski definition) is 4. The van der Waals surface area contributed by atoms with Crippen molar-refractivity contribution in [3.05, 3.63) is 105 Å². The van der Waals surface area contributed by atoms with Crippen molar-refractivity contribution in [1.29, 1.82) is 5.26 Å². The number of halogens is 3. The Labute approximate surface area is 229 Å². The van der Waals surface area contributed by atoms with Gasteiger partial charge in [0.15, 0.2) is 5.69 Å². The van der Waals surface area contributed by atoms with E-state index in [0.717, 1.165) is 5.56 Å². The molecule has 1 N–H and O–H groups in total. The lowest BCUT2D eigenvalue weighted by molar-refractivity contribution is -0.0213. The largest absolute Gasteiger partial charge is 0.385 e. The van der Waals surface area contributed by atoms with Crippen molar-refractivity contribution in [2.75, 3.05) is 13.1 Å². The molecule has 0 aliphatic carbocycles. The van der Waals surface area contributed by atoms with E-state index in [9.17, 15) is 19.6 Å². The maximum absolute atomic E-state index is 13.8. The first-order chi connectivity index (χ1) is 18.3. The molecular formula is C29H23Cl2FN4O2. The summed E-state index contributed by atoms with van der Waals surface area (Å²) in [6, 6.07) is 22.2. The average Bonchev–Trinajstić information content (AvgIpc) is 3.29. The van der Waals surface area contributed by atoms with E-state index in [1.54, 1.807) is 52.0 Å². The van der Waals surface area contributed by atoms with E-state index in [1.807, 2.05) is 18.2 Å². The highest BCUT2D eigenvalue weighted by molar-refractivity contribution is 6.32. The van der Waals surface area contributed by atoms with Gasteiger partial charge in [-0.3, -0.25) is 4.79 Å². The zero-order chi connectivity index (χ0) is 26.9. The molecule has 192 valence electrons. The highest BCUT2D eigenvalue weighted by atomic mass is 35.5. The second-order valence-corrected chi connectivity index (χ2v) is 10.1. The Morgan fingerprint density at radius 2 is 1.68 bits per heavy atom. The minimum Gasteiger partial charge on any atom is -0.385 e. The second kappa shape index (κ2) is 10.6. The van der Waals surface area contributed by atoms with Crippen LogP contribution < -0.4 is 0 Å². The molecule has 1 aliphatic rings. The maximum atomic E-state index is 13.8. The number of para-hydroxylation sites is 1. The van der Waals surface area contributed by atoms with E-state index in [4.69, 9.17) is 28.3 Å². The third kappa shape index (κ3) is 4.91. The first-order valence-electron chi connectivity index (χ1n) is 12.1. The Kier molecular flexibility index (Phi) is 7.22. The Balaban J connectivity index is 1.54. The van der Waals surface area contributed by atoms with Crippen LogP contribution in [0.2, 0.25) is 10.0 Å². The third-order valence-electron chi connectivity index (χ3n) is 6.90. The molecule has 6 nitrogen and oxygen atoms in total. The van der Waals surface area contributed by atoms with E-state index in [1.165, 1.54) is 12.1 Å². The summed E-state index contributed by atoms with van der Waals surface area (Å²) in [7, 11) is 0. The Morgan fingerprint density at radius 1 is 1.03 bits per heavy atom. The van der Waals surface area contributed by atoms with E-state index < -0.39 is 5.60 Å². The van der Waals surface area contributed by atoms with Gasteiger partial charge in [-0.2, -0.15) is 10.4 Å². The van der Waals surface area contributed by atoms with Gasteiger partial charge in [-0.1, -0.05) is 59.6 Å². The highest BCUT2D eigenvalue weighted by Crippen LogP contribution is 2.36. The fourth-order valence-electron chi connectivity index (χ4n) is 4.85. The number of likely N-dealkylation sites (tertiary alicyclic amines) is 1. The molecule has 1 aromatic heterocycles. The van der Waals surface area contributed by atoms with E-state index in [0.29, 0.717) is 32.6 Å². The minimum absolute atomic E-state index is 0.0448. The number of carbonyl (C=O) groups excluding carboxylic acids is 1. The molecule has 1 amide bonds. The molecule has 0 spiro atoms. The van der Waals surface area contributed by atoms with Gasteiger partial charge in [-0.25, -0.2) is 9.07 Å². The van der Waals surface area contributed by atoms with Gasteiger partial charge >= 0.3 is 0 Å². The van der Waals surface area contributed by atoms with Crippen molar-refractivity contribution in [3.63, 3.8) is 0 Å². The second-order valence-electron chi connectivity index (χ2n) is 9.21. The predicted molar refractivity (Wildman–Crippen MR) is 144 cm³/mol. The summed E-state index contributed by atoms with van der Waals surface area (Å²) in [5, 5.41) is 26.6. The first kappa shape index (κ1) is 25.9. The van der Waals surface area contributed by atoms with Crippen molar-refractivity contribution < 1.29 is 14.3 Å². The Morgan fingerprint density at radius 3 is 2.32 bits per heavy atom. The molecule has 1 saturated heterocycles. The number of amides is 1. The first-order valence-corrected chi connectivity index (χ1v) is 12.8. The summed E-state index contributed by atoms with van der Waals surface area (Å²) in [5.41, 5.74) is 1.98. The Hall–Kier alpha value is -3.70. The maximum Gasteiger partial charge on any atom is 0.274 e. The van der Waals surface area contributed by atoms with E-state index in [2.05, 4.69) is 6.07 Å². The fourth-order valence-corrected chi connectivity index (χ4v) is 5.19. The van der Waals surface area contributed by atoms with Gasteiger partial charge in [0.05, 0.1) is 34.5 Å². The zero-order valence-corrected chi connectivity index (χ0v) is 21.8. The molecule has 0 saturated carbocycles. The van der Waals surface area contributed by atoms with E-state index in [-0.39, 0.29) is 49.8 Å². The van der Waals surface area contributed by atoms with Crippen LogP contribution in [0.3, 0.4) is 0 Å². The van der Waals surface area contributed by atoms with Crippen LogP contribution in [-0.2, 0) is 12.0 Å². The van der Waals surface area contributed by atoms with Crippen LogP contribution in [0.5, 0.6) is 0 Å². The molecule has 1 fully saturated rings. The van der Waals surface area contributed by atoms with Crippen LogP contribution in [0.1, 0.15) is 34.5 Å². The Bertz CT molecular complexity index is 1520. The molecule has 0 atom stereocenters. The van der Waals surface area contributed by atoms with Gasteiger partial charge < -0.3 is 10.0 Å². The van der Waals surface area contributed by atoms with Gasteiger partial charge in [-0.15, -0.1) is 0 Å². The van der Waals surface area contributed by atoms with Gasteiger partial charge in [0, 0.05) is 29.2 Å². The molecule has 4 aromatic rings. The smallest absolute Gasteiger partial charge is 0.274 e. The highest BCUT2D eigenvalue weighted by Gasteiger charge is 2.37. The van der Waals surface area contributed by atoms with Crippen molar-refractivity contribution in [2.24, 2.45) is 0 Å². The molecule has 9 heteroatoms. The van der Waals surface area contributed by atoms with Crippen LogP contribution >= 0.6 is 23.2 Å². The van der Waals surface area contributed by atoms with Crippen molar-refractivity contribution >= 4 is 29.1 Å². The van der Waals surface area contributed by atoms with Crippen LogP contribution in [-0.4, -0.2) is 38.8 Å². The molecule has 3 aromatic carbocycles. The number of aromatic nitrogens is 2. The number of carbonyl (C=O) groups is 1. The number of benzene rings is 3.